The molecule has 1 saturated heterocycles. The number of carbonyl (C=O) groups is 2. The van der Waals surface area contributed by atoms with E-state index in [1.165, 1.54) is 6.92 Å². The standard InChI is InChI=1S/C12H22N2O5S/c1-3-6-12(2,10(15)16)14-11(17)13-9-4-7-20(18,19)8-5-9/h9H,3-8H2,1-2H3,(H,15,16)(H2,13,14,17). The molecule has 3 N–H and O–H groups in total. The first-order chi connectivity index (χ1) is 9.18. The molecule has 20 heavy (non-hydrogen) atoms. The van der Waals surface area contributed by atoms with E-state index in [-0.39, 0.29) is 17.5 Å². The van der Waals surface area contributed by atoms with Crippen LogP contribution in [0.15, 0.2) is 0 Å². The van der Waals surface area contributed by atoms with E-state index in [0.717, 1.165) is 0 Å². The summed E-state index contributed by atoms with van der Waals surface area (Å²) in [6, 6.07) is -0.786. The van der Waals surface area contributed by atoms with Crippen molar-refractivity contribution in [2.24, 2.45) is 0 Å². The average molecular weight is 306 g/mol. The largest absolute Gasteiger partial charge is 0.480 e. The Morgan fingerprint density at radius 1 is 1.30 bits per heavy atom. The van der Waals surface area contributed by atoms with Gasteiger partial charge >= 0.3 is 12.0 Å². The predicted molar refractivity (Wildman–Crippen MR) is 74.3 cm³/mol. The lowest BCUT2D eigenvalue weighted by Gasteiger charge is -2.28. The molecule has 0 aromatic heterocycles. The van der Waals surface area contributed by atoms with Crippen molar-refractivity contribution < 1.29 is 23.1 Å². The Labute approximate surface area is 119 Å². The zero-order valence-electron chi connectivity index (χ0n) is 11.8. The molecule has 0 radical (unpaired) electrons. The topological polar surface area (TPSA) is 113 Å². The van der Waals surface area contributed by atoms with Crippen LogP contribution in [0.1, 0.15) is 39.5 Å². The molecule has 1 aliphatic rings. The molecule has 7 nitrogen and oxygen atoms in total. The Balaban J connectivity index is 2.53. The first-order valence-electron chi connectivity index (χ1n) is 6.71. The molecular weight excluding hydrogens is 284 g/mol. The number of urea groups is 1. The molecule has 0 aromatic rings. The molecule has 0 aromatic carbocycles. The number of carbonyl (C=O) groups excluding carboxylic acids is 1. The Kier molecular flexibility index (Phi) is 5.38. The van der Waals surface area contributed by atoms with E-state index >= 15 is 0 Å². The first kappa shape index (κ1) is 16.7. The summed E-state index contributed by atoms with van der Waals surface area (Å²) in [4.78, 5) is 23.0. The van der Waals surface area contributed by atoms with E-state index in [0.29, 0.717) is 25.7 Å². The average Bonchev–Trinajstić information content (AvgIpc) is 2.32. The van der Waals surface area contributed by atoms with Crippen LogP contribution < -0.4 is 10.6 Å². The van der Waals surface area contributed by atoms with Crippen molar-refractivity contribution in [1.29, 1.82) is 0 Å². The van der Waals surface area contributed by atoms with Crippen LogP contribution in [0.5, 0.6) is 0 Å². The zero-order chi connectivity index (χ0) is 15.4. The summed E-state index contributed by atoms with van der Waals surface area (Å²) in [6.07, 6.45) is 1.69. The molecule has 1 fully saturated rings. The smallest absolute Gasteiger partial charge is 0.329 e. The van der Waals surface area contributed by atoms with Crippen LogP contribution in [-0.4, -0.2) is 48.6 Å². The van der Waals surface area contributed by atoms with Crippen molar-refractivity contribution in [3.8, 4) is 0 Å². The number of sulfone groups is 1. The number of nitrogens with one attached hydrogen (secondary N) is 2. The summed E-state index contributed by atoms with van der Waals surface area (Å²) in [5.41, 5.74) is -1.31. The number of carboxylic acids is 1. The summed E-state index contributed by atoms with van der Waals surface area (Å²) in [5.74, 6) is -0.965. The summed E-state index contributed by atoms with van der Waals surface area (Å²) < 4.78 is 22.6. The Morgan fingerprint density at radius 2 is 1.85 bits per heavy atom. The van der Waals surface area contributed by atoms with Gasteiger partial charge in [-0.3, -0.25) is 0 Å². The summed E-state index contributed by atoms with van der Waals surface area (Å²) in [5, 5.41) is 14.3. The van der Waals surface area contributed by atoms with Gasteiger partial charge in [0.2, 0.25) is 0 Å². The number of hydrogen-bond donors (Lipinski definition) is 3. The minimum absolute atomic E-state index is 0.0586. The second-order valence-electron chi connectivity index (χ2n) is 5.41. The fourth-order valence-corrected chi connectivity index (χ4v) is 3.72. The number of carboxylic acid groups (broad SMARTS) is 1. The van der Waals surface area contributed by atoms with Crippen LogP contribution >= 0.6 is 0 Å². The first-order valence-corrected chi connectivity index (χ1v) is 8.53. The van der Waals surface area contributed by atoms with E-state index < -0.39 is 27.4 Å². The minimum Gasteiger partial charge on any atom is -0.480 e. The maximum atomic E-state index is 11.8. The van der Waals surface area contributed by atoms with Gasteiger partial charge in [0.25, 0.3) is 0 Å². The van der Waals surface area contributed by atoms with Crippen LogP contribution in [0.2, 0.25) is 0 Å². The zero-order valence-corrected chi connectivity index (χ0v) is 12.6. The van der Waals surface area contributed by atoms with Gasteiger partial charge in [-0.25, -0.2) is 18.0 Å². The van der Waals surface area contributed by atoms with Gasteiger partial charge in [0.05, 0.1) is 11.5 Å². The van der Waals surface area contributed by atoms with E-state index in [9.17, 15) is 18.0 Å². The van der Waals surface area contributed by atoms with E-state index in [2.05, 4.69) is 10.6 Å². The van der Waals surface area contributed by atoms with Crippen molar-refractivity contribution in [3.05, 3.63) is 0 Å². The highest BCUT2D eigenvalue weighted by Gasteiger charge is 2.34. The molecule has 0 bridgehead atoms. The number of aliphatic carboxylic acids is 1. The van der Waals surface area contributed by atoms with E-state index in [1.54, 1.807) is 0 Å². The SMILES string of the molecule is CCCC(C)(NC(=O)NC1CCS(=O)(=O)CC1)C(=O)O. The van der Waals surface area contributed by atoms with Gasteiger partial charge in [0, 0.05) is 6.04 Å². The molecule has 1 rings (SSSR count). The third kappa shape index (κ3) is 4.66. The highest BCUT2D eigenvalue weighted by atomic mass is 32.2. The van der Waals surface area contributed by atoms with Crippen LogP contribution in [0, 0.1) is 0 Å². The molecule has 2 amide bonds. The second-order valence-corrected chi connectivity index (χ2v) is 7.72. The van der Waals surface area contributed by atoms with Gasteiger partial charge in [-0.15, -0.1) is 0 Å². The minimum atomic E-state index is -2.97. The molecule has 8 heteroatoms. The fourth-order valence-electron chi connectivity index (χ4n) is 2.23. The number of amides is 2. The third-order valence-electron chi connectivity index (χ3n) is 3.50. The molecule has 1 unspecified atom stereocenters. The van der Waals surface area contributed by atoms with Crippen molar-refractivity contribution in [3.63, 3.8) is 0 Å². The third-order valence-corrected chi connectivity index (χ3v) is 5.22. The van der Waals surface area contributed by atoms with Crippen molar-refractivity contribution in [1.82, 2.24) is 10.6 Å². The van der Waals surface area contributed by atoms with E-state index in [4.69, 9.17) is 5.11 Å². The van der Waals surface area contributed by atoms with Crippen molar-refractivity contribution >= 4 is 21.8 Å². The molecular formula is C12H22N2O5S. The van der Waals surface area contributed by atoms with Crippen LogP contribution in [-0.2, 0) is 14.6 Å². The van der Waals surface area contributed by atoms with Gasteiger partial charge in [-0.1, -0.05) is 13.3 Å². The number of rotatable bonds is 5. The Hall–Kier alpha value is -1.31. The number of hydrogen-bond acceptors (Lipinski definition) is 4. The molecule has 1 aliphatic heterocycles. The maximum Gasteiger partial charge on any atom is 0.329 e. The van der Waals surface area contributed by atoms with Gasteiger partial charge in [0.15, 0.2) is 0 Å². The quantitative estimate of drug-likeness (QED) is 0.685. The van der Waals surface area contributed by atoms with Gasteiger partial charge in [0.1, 0.15) is 15.4 Å². The molecule has 116 valence electrons. The Bertz CT molecular complexity index is 462. The van der Waals surface area contributed by atoms with Crippen molar-refractivity contribution in [2.45, 2.75) is 51.1 Å². The Morgan fingerprint density at radius 3 is 2.30 bits per heavy atom. The van der Waals surface area contributed by atoms with Gasteiger partial charge in [-0.05, 0) is 26.2 Å². The monoisotopic (exact) mass is 306 g/mol. The normalized spacial score (nSPS) is 21.7. The second kappa shape index (κ2) is 6.43. The lowest BCUT2D eigenvalue weighted by molar-refractivity contribution is -0.144. The summed E-state index contributed by atoms with van der Waals surface area (Å²) in [6.45, 7) is 3.30. The van der Waals surface area contributed by atoms with Crippen LogP contribution in [0.4, 0.5) is 4.79 Å². The fraction of sp³-hybridized carbons (Fsp3) is 0.833. The van der Waals surface area contributed by atoms with Crippen LogP contribution in [0.25, 0.3) is 0 Å². The van der Waals surface area contributed by atoms with Crippen LogP contribution in [0.3, 0.4) is 0 Å². The maximum absolute atomic E-state index is 11.8. The molecule has 1 heterocycles. The van der Waals surface area contributed by atoms with E-state index in [1.807, 2.05) is 6.92 Å². The van der Waals surface area contributed by atoms with Gasteiger partial charge in [-0.2, -0.15) is 0 Å². The lowest BCUT2D eigenvalue weighted by atomic mass is 9.96. The predicted octanol–water partition coefficient (Wildman–Crippen LogP) is 0.506. The highest BCUT2D eigenvalue weighted by molar-refractivity contribution is 7.91. The molecule has 0 aliphatic carbocycles. The molecule has 0 spiro atoms. The lowest BCUT2D eigenvalue weighted by Crippen LogP contribution is -2.57. The van der Waals surface area contributed by atoms with Gasteiger partial charge < -0.3 is 15.7 Å². The summed E-state index contributed by atoms with van der Waals surface area (Å²) >= 11 is 0. The highest BCUT2D eigenvalue weighted by Crippen LogP contribution is 2.14. The molecule has 0 saturated carbocycles. The van der Waals surface area contributed by atoms with Crippen molar-refractivity contribution in [2.75, 3.05) is 11.5 Å². The molecule has 1 atom stereocenters. The summed E-state index contributed by atoms with van der Waals surface area (Å²) in [7, 11) is -2.97.